The summed E-state index contributed by atoms with van der Waals surface area (Å²) in [6.45, 7) is 0. The zero-order valence-corrected chi connectivity index (χ0v) is 26.6. The SMILES string of the molecule is c1ccc(-c2ccc(N(c3cccc(-n4c5ccccc5c5cc6ccccc6cc54)c3)c3ccc4c(c3)oc3ccccc34)cc2)cc1. The minimum Gasteiger partial charge on any atom is -0.456 e. The van der Waals surface area contributed by atoms with Crippen molar-refractivity contribution >= 4 is 71.6 Å². The van der Waals surface area contributed by atoms with Crippen LogP contribution in [0.5, 0.6) is 0 Å². The van der Waals surface area contributed by atoms with Gasteiger partial charge in [0.25, 0.3) is 0 Å². The Hall–Kier alpha value is -6.58. The monoisotopic (exact) mass is 626 g/mol. The first-order valence-electron chi connectivity index (χ1n) is 16.7. The summed E-state index contributed by atoms with van der Waals surface area (Å²) in [5.41, 5.74) is 10.8. The van der Waals surface area contributed by atoms with E-state index >= 15 is 0 Å². The topological polar surface area (TPSA) is 21.3 Å². The number of nitrogens with zero attached hydrogens (tertiary/aromatic N) is 2. The molecule has 0 saturated heterocycles. The molecule has 10 rings (SSSR count). The van der Waals surface area contributed by atoms with Gasteiger partial charge in [0.05, 0.1) is 11.0 Å². The molecule has 3 nitrogen and oxygen atoms in total. The second-order valence-electron chi connectivity index (χ2n) is 12.6. The first-order valence-corrected chi connectivity index (χ1v) is 16.7. The van der Waals surface area contributed by atoms with E-state index in [1.54, 1.807) is 0 Å². The third-order valence-electron chi connectivity index (χ3n) is 9.74. The molecule has 0 bridgehead atoms. The fourth-order valence-electron chi connectivity index (χ4n) is 7.44. The third kappa shape index (κ3) is 4.51. The lowest BCUT2D eigenvalue weighted by Gasteiger charge is -2.26. The third-order valence-corrected chi connectivity index (χ3v) is 9.74. The second-order valence-corrected chi connectivity index (χ2v) is 12.6. The van der Waals surface area contributed by atoms with E-state index in [-0.39, 0.29) is 0 Å². The molecular weight excluding hydrogens is 597 g/mol. The number of rotatable bonds is 5. The summed E-state index contributed by atoms with van der Waals surface area (Å²) in [7, 11) is 0. The van der Waals surface area contributed by atoms with E-state index in [0.29, 0.717) is 0 Å². The van der Waals surface area contributed by atoms with E-state index < -0.39 is 0 Å². The van der Waals surface area contributed by atoms with Crippen molar-refractivity contribution in [3.63, 3.8) is 0 Å². The summed E-state index contributed by atoms with van der Waals surface area (Å²) in [5.74, 6) is 0. The van der Waals surface area contributed by atoms with Gasteiger partial charge < -0.3 is 13.9 Å². The highest BCUT2D eigenvalue weighted by Gasteiger charge is 2.18. The number of anilines is 3. The molecule has 0 saturated carbocycles. The van der Waals surface area contributed by atoms with E-state index in [9.17, 15) is 0 Å². The van der Waals surface area contributed by atoms with Crippen molar-refractivity contribution in [3.05, 3.63) is 182 Å². The minimum atomic E-state index is 0.870. The van der Waals surface area contributed by atoms with E-state index in [1.807, 2.05) is 12.1 Å². The van der Waals surface area contributed by atoms with Crippen LogP contribution < -0.4 is 4.90 Å². The van der Waals surface area contributed by atoms with Crippen molar-refractivity contribution < 1.29 is 4.42 Å². The number of aromatic nitrogens is 1. The average molecular weight is 627 g/mol. The molecule has 3 heteroatoms. The highest BCUT2D eigenvalue weighted by Crippen LogP contribution is 2.41. The van der Waals surface area contributed by atoms with Gasteiger partial charge in [-0.2, -0.15) is 0 Å². The molecule has 0 N–H and O–H groups in total. The van der Waals surface area contributed by atoms with Gasteiger partial charge in [0.1, 0.15) is 11.2 Å². The molecule has 49 heavy (non-hydrogen) atoms. The maximum atomic E-state index is 6.38. The molecule has 0 aliphatic rings. The lowest BCUT2D eigenvalue weighted by molar-refractivity contribution is 0.669. The van der Waals surface area contributed by atoms with Crippen molar-refractivity contribution in [3.8, 4) is 16.8 Å². The highest BCUT2D eigenvalue weighted by molar-refractivity contribution is 6.13. The second kappa shape index (κ2) is 11.0. The zero-order valence-electron chi connectivity index (χ0n) is 26.6. The predicted octanol–water partition coefficient (Wildman–Crippen LogP) is 13.0. The van der Waals surface area contributed by atoms with E-state index in [1.165, 1.54) is 43.7 Å². The molecule has 0 aliphatic carbocycles. The Kier molecular flexibility index (Phi) is 6.18. The number of para-hydroxylation sites is 2. The summed E-state index contributed by atoms with van der Waals surface area (Å²) >= 11 is 0. The van der Waals surface area contributed by atoms with Crippen molar-refractivity contribution in [2.75, 3.05) is 4.90 Å². The van der Waals surface area contributed by atoms with Crippen LogP contribution in [0.15, 0.2) is 186 Å². The van der Waals surface area contributed by atoms with Crippen molar-refractivity contribution in [1.82, 2.24) is 4.57 Å². The van der Waals surface area contributed by atoms with Crippen LogP contribution in [0.4, 0.5) is 17.1 Å². The summed E-state index contributed by atoms with van der Waals surface area (Å²) in [4.78, 5) is 2.33. The van der Waals surface area contributed by atoms with Gasteiger partial charge >= 0.3 is 0 Å². The van der Waals surface area contributed by atoms with Crippen LogP contribution in [-0.4, -0.2) is 4.57 Å². The van der Waals surface area contributed by atoms with Crippen molar-refractivity contribution in [2.24, 2.45) is 0 Å². The van der Waals surface area contributed by atoms with Gasteiger partial charge in [-0.15, -0.1) is 0 Å². The standard InChI is InChI=1S/C46H30N2O/c1-2-11-31(12-3-1)32-21-23-35(24-22-32)47(38-25-26-41-40-18-7-9-20-45(40)49-46(41)30-38)36-15-10-16-37(29-36)48-43-19-8-6-17-39(43)42-27-33-13-4-5-14-34(33)28-44(42)48/h1-30H. The summed E-state index contributed by atoms with van der Waals surface area (Å²) < 4.78 is 8.78. The van der Waals surface area contributed by atoms with E-state index in [0.717, 1.165) is 44.7 Å². The molecule has 10 aromatic rings. The average Bonchev–Trinajstić information content (AvgIpc) is 3.70. The molecule has 0 unspecified atom stereocenters. The molecular formula is C46H30N2O. The fraction of sp³-hybridized carbons (Fsp3) is 0. The molecule has 2 aromatic heterocycles. The molecule has 0 atom stereocenters. The number of hydrogen-bond donors (Lipinski definition) is 0. The number of furan rings is 1. The predicted molar refractivity (Wildman–Crippen MR) is 206 cm³/mol. The number of fused-ring (bicyclic) bond motifs is 7. The Balaban J connectivity index is 1.18. The molecule has 0 radical (unpaired) electrons. The van der Waals surface area contributed by atoms with Gasteiger partial charge in [0, 0.05) is 50.4 Å². The maximum Gasteiger partial charge on any atom is 0.137 e. The van der Waals surface area contributed by atoms with Crippen LogP contribution in [0, 0.1) is 0 Å². The molecule has 0 aliphatic heterocycles. The van der Waals surface area contributed by atoms with E-state index in [2.05, 4.69) is 179 Å². The van der Waals surface area contributed by atoms with Crippen LogP contribution >= 0.6 is 0 Å². The highest BCUT2D eigenvalue weighted by atomic mass is 16.3. The summed E-state index contributed by atoms with van der Waals surface area (Å²) in [6, 6.07) is 65.0. The Morgan fingerprint density at radius 3 is 1.88 bits per heavy atom. The first kappa shape index (κ1) is 27.5. The Morgan fingerprint density at radius 2 is 1.02 bits per heavy atom. The van der Waals surface area contributed by atoms with Gasteiger partial charge in [-0.1, -0.05) is 109 Å². The van der Waals surface area contributed by atoms with Crippen molar-refractivity contribution in [1.29, 1.82) is 0 Å². The molecule has 8 aromatic carbocycles. The van der Waals surface area contributed by atoms with Crippen LogP contribution in [-0.2, 0) is 0 Å². The summed E-state index contributed by atoms with van der Waals surface area (Å²) in [6.07, 6.45) is 0. The smallest absolute Gasteiger partial charge is 0.137 e. The zero-order chi connectivity index (χ0) is 32.3. The Morgan fingerprint density at radius 1 is 0.367 bits per heavy atom. The lowest BCUT2D eigenvalue weighted by Crippen LogP contribution is -2.10. The van der Waals surface area contributed by atoms with Crippen LogP contribution in [0.2, 0.25) is 0 Å². The first-order chi connectivity index (χ1) is 24.3. The quantitative estimate of drug-likeness (QED) is 0.190. The largest absolute Gasteiger partial charge is 0.456 e. The number of hydrogen-bond acceptors (Lipinski definition) is 2. The molecule has 0 amide bonds. The van der Waals surface area contributed by atoms with Gasteiger partial charge in [0.2, 0.25) is 0 Å². The summed E-state index contributed by atoms with van der Waals surface area (Å²) in [5, 5.41) is 7.22. The van der Waals surface area contributed by atoms with Gasteiger partial charge in [-0.3, -0.25) is 0 Å². The lowest BCUT2D eigenvalue weighted by atomic mass is 10.0. The molecule has 0 fully saturated rings. The van der Waals surface area contributed by atoms with Crippen LogP contribution in [0.1, 0.15) is 0 Å². The fourth-order valence-corrected chi connectivity index (χ4v) is 7.44. The van der Waals surface area contributed by atoms with Crippen LogP contribution in [0.25, 0.3) is 71.3 Å². The van der Waals surface area contributed by atoms with Gasteiger partial charge in [-0.05, 0) is 88.6 Å². The Labute approximate surface area is 283 Å². The Bertz CT molecular complexity index is 2830. The van der Waals surface area contributed by atoms with E-state index in [4.69, 9.17) is 4.42 Å². The molecule has 230 valence electrons. The van der Waals surface area contributed by atoms with Crippen LogP contribution in [0.3, 0.4) is 0 Å². The molecule has 2 heterocycles. The molecule has 0 spiro atoms. The van der Waals surface area contributed by atoms with Crippen molar-refractivity contribution in [2.45, 2.75) is 0 Å². The normalized spacial score (nSPS) is 11.7. The minimum absolute atomic E-state index is 0.870. The maximum absolute atomic E-state index is 6.38. The number of benzene rings is 8. The van der Waals surface area contributed by atoms with Gasteiger partial charge in [-0.25, -0.2) is 0 Å². The van der Waals surface area contributed by atoms with Gasteiger partial charge in [0.15, 0.2) is 0 Å².